The first kappa shape index (κ1) is 55.8. The summed E-state index contributed by atoms with van der Waals surface area (Å²) in [5.74, 6) is -0.833. The number of allylic oxidation sites excluding steroid dienone is 2. The Hall–Kier alpha value is -1.25. The number of hydrogen-bond acceptors (Lipinski definition) is 8. The molecule has 1 unspecified atom stereocenters. The molecule has 0 radical (unpaired) electrons. The van der Waals surface area contributed by atoms with Crippen LogP contribution in [0.1, 0.15) is 226 Å². The number of unbranched alkanes of at least 4 members (excludes halogenated alkanes) is 28. The first-order valence-electron chi connectivity index (χ1n) is 23.9. The quantitative estimate of drug-likeness (QED) is 0.0196. The highest BCUT2D eigenvalue weighted by atomic mass is 31.2. The highest BCUT2D eigenvalue weighted by Crippen LogP contribution is 2.38. The maximum atomic E-state index is 12.7. The Morgan fingerprint density at radius 3 is 1.32 bits per heavy atom. The van der Waals surface area contributed by atoms with Crippen molar-refractivity contribution in [2.24, 2.45) is 0 Å². The number of quaternary nitrogens is 1. The largest absolute Gasteiger partial charge is 0.756 e. The molecule has 0 bridgehead atoms. The smallest absolute Gasteiger partial charge is 0.306 e. The molecule has 0 rings (SSSR count). The number of hydrogen-bond donors (Lipinski definition) is 0. The number of nitrogens with zero attached hydrogens (tertiary/aromatic N) is 1. The lowest BCUT2D eigenvalue weighted by atomic mass is 10.0. The van der Waals surface area contributed by atoms with Gasteiger partial charge in [0.05, 0.1) is 27.7 Å². The molecule has 9 nitrogen and oxygen atoms in total. The molecule has 0 aromatic carbocycles. The van der Waals surface area contributed by atoms with E-state index in [-0.39, 0.29) is 32.0 Å². The summed E-state index contributed by atoms with van der Waals surface area (Å²) in [4.78, 5) is 37.6. The number of ether oxygens (including phenoxy) is 2. The van der Waals surface area contributed by atoms with Gasteiger partial charge in [-0.2, -0.15) is 0 Å². The molecule has 57 heavy (non-hydrogen) atoms. The summed E-state index contributed by atoms with van der Waals surface area (Å²) >= 11 is 0. The Bertz CT molecular complexity index is 985. The van der Waals surface area contributed by atoms with E-state index in [2.05, 4.69) is 26.0 Å². The SMILES string of the molecule is CCCCCC/C=C/CCCCCCCC(=O)O[C@H](COC(=O)CCCCCCCCCCCCCCCCCCCCCC)COP(=O)([O-])OCC[N+](C)(C)C. The minimum Gasteiger partial charge on any atom is -0.756 e. The van der Waals surface area contributed by atoms with Crippen LogP contribution in [0.3, 0.4) is 0 Å². The van der Waals surface area contributed by atoms with Crippen LogP contribution < -0.4 is 4.89 Å². The van der Waals surface area contributed by atoms with Gasteiger partial charge in [0.2, 0.25) is 0 Å². The topological polar surface area (TPSA) is 111 Å². The van der Waals surface area contributed by atoms with Crippen LogP contribution in [0.2, 0.25) is 0 Å². The van der Waals surface area contributed by atoms with E-state index in [1.165, 1.54) is 141 Å². The van der Waals surface area contributed by atoms with E-state index in [1.807, 2.05) is 21.1 Å². The Kier molecular flexibility index (Phi) is 39.3. The summed E-state index contributed by atoms with van der Waals surface area (Å²) in [5.41, 5.74) is 0. The minimum absolute atomic E-state index is 0.0292. The van der Waals surface area contributed by atoms with Gasteiger partial charge in [0, 0.05) is 12.8 Å². The molecule has 0 spiro atoms. The third-order valence-corrected chi connectivity index (χ3v) is 11.5. The minimum atomic E-state index is -4.62. The van der Waals surface area contributed by atoms with E-state index in [1.54, 1.807) is 0 Å². The molecule has 2 atom stereocenters. The average molecular weight is 830 g/mol. The molecule has 0 saturated carbocycles. The van der Waals surface area contributed by atoms with Crippen LogP contribution >= 0.6 is 7.82 Å². The van der Waals surface area contributed by atoms with Crippen LogP contribution in [0.15, 0.2) is 12.2 Å². The van der Waals surface area contributed by atoms with Gasteiger partial charge in [-0.15, -0.1) is 0 Å². The van der Waals surface area contributed by atoms with Crippen molar-refractivity contribution >= 4 is 19.8 Å². The zero-order valence-corrected chi connectivity index (χ0v) is 38.9. The number of likely N-dealkylation sites (N-methyl/N-ethyl adjacent to an activating group) is 1. The molecule has 338 valence electrons. The Balaban J connectivity index is 4.22. The van der Waals surface area contributed by atoms with E-state index in [4.69, 9.17) is 18.5 Å². The second-order valence-electron chi connectivity index (χ2n) is 17.5. The molecule has 0 heterocycles. The van der Waals surface area contributed by atoms with Crippen LogP contribution in [-0.2, 0) is 32.7 Å². The van der Waals surface area contributed by atoms with Crippen molar-refractivity contribution in [2.75, 3.05) is 47.5 Å². The van der Waals surface area contributed by atoms with E-state index in [9.17, 15) is 19.0 Å². The van der Waals surface area contributed by atoms with Crippen LogP contribution in [0.25, 0.3) is 0 Å². The number of esters is 2. The van der Waals surface area contributed by atoms with E-state index in [0.717, 1.165) is 51.4 Å². The summed E-state index contributed by atoms with van der Waals surface area (Å²) in [5, 5.41) is 0. The molecule has 0 N–H and O–H groups in total. The number of phosphoric acid groups is 1. The van der Waals surface area contributed by atoms with Crippen LogP contribution in [0, 0.1) is 0 Å². The van der Waals surface area contributed by atoms with E-state index >= 15 is 0 Å². The fraction of sp³-hybridized carbons (Fsp3) is 0.915. The molecular formula is C47H92NO8P. The molecule has 0 amide bonds. The molecular weight excluding hydrogens is 737 g/mol. The zero-order valence-electron chi connectivity index (χ0n) is 38.1. The highest BCUT2D eigenvalue weighted by Gasteiger charge is 2.21. The van der Waals surface area contributed by atoms with Gasteiger partial charge in [0.15, 0.2) is 6.10 Å². The highest BCUT2D eigenvalue weighted by molar-refractivity contribution is 7.45. The second-order valence-corrected chi connectivity index (χ2v) is 18.9. The molecule has 0 aromatic heterocycles. The fourth-order valence-corrected chi connectivity index (χ4v) is 7.50. The predicted octanol–water partition coefficient (Wildman–Crippen LogP) is 13.1. The monoisotopic (exact) mass is 830 g/mol. The Morgan fingerprint density at radius 1 is 0.526 bits per heavy atom. The lowest BCUT2D eigenvalue weighted by Gasteiger charge is -2.28. The van der Waals surface area contributed by atoms with Crippen molar-refractivity contribution < 1.29 is 42.1 Å². The van der Waals surface area contributed by atoms with Crippen molar-refractivity contribution in [1.29, 1.82) is 0 Å². The Labute approximate surface area is 352 Å². The second kappa shape index (κ2) is 40.2. The normalized spacial score (nSPS) is 13.6. The molecule has 10 heteroatoms. The van der Waals surface area contributed by atoms with E-state index in [0.29, 0.717) is 17.4 Å². The van der Waals surface area contributed by atoms with Gasteiger partial charge in [0.25, 0.3) is 7.82 Å². The molecule has 0 aromatic rings. The first-order chi connectivity index (χ1) is 27.5. The van der Waals surface area contributed by atoms with Crippen LogP contribution in [-0.4, -0.2) is 70.0 Å². The third-order valence-electron chi connectivity index (χ3n) is 10.5. The van der Waals surface area contributed by atoms with Crippen molar-refractivity contribution in [1.82, 2.24) is 0 Å². The van der Waals surface area contributed by atoms with Crippen molar-refractivity contribution in [3.8, 4) is 0 Å². The number of carbonyl (C=O) groups is 2. The first-order valence-corrected chi connectivity index (χ1v) is 25.4. The molecule has 0 fully saturated rings. The number of rotatable bonds is 44. The van der Waals surface area contributed by atoms with Crippen molar-refractivity contribution in [3.05, 3.63) is 12.2 Å². The standard InChI is InChI=1S/C47H92NO8P/c1-6-8-10-12-14-16-18-20-21-22-23-24-25-26-28-29-31-33-35-37-39-46(49)53-43-45(44-55-57(51,52)54-42-41-48(3,4)5)56-47(50)40-38-36-34-32-30-27-19-17-15-13-11-9-7-2/h17,19,45H,6-16,18,20-44H2,1-5H3/b19-17+/t45-/m1/s1. The summed E-state index contributed by atoms with van der Waals surface area (Å²) in [7, 11) is 1.17. The van der Waals surface area contributed by atoms with Gasteiger partial charge in [-0.3, -0.25) is 14.2 Å². The maximum absolute atomic E-state index is 12.7. The number of carbonyl (C=O) groups excluding carboxylic acids is 2. The summed E-state index contributed by atoms with van der Waals surface area (Å²) in [6.07, 6.45) is 42.4. The van der Waals surface area contributed by atoms with Crippen LogP contribution in [0.4, 0.5) is 0 Å². The fourth-order valence-electron chi connectivity index (χ4n) is 6.77. The summed E-state index contributed by atoms with van der Waals surface area (Å²) in [6, 6.07) is 0. The van der Waals surface area contributed by atoms with Gasteiger partial charge in [-0.25, -0.2) is 0 Å². The van der Waals surface area contributed by atoms with E-state index < -0.39 is 26.5 Å². The van der Waals surface area contributed by atoms with Gasteiger partial charge >= 0.3 is 11.9 Å². The van der Waals surface area contributed by atoms with Crippen molar-refractivity contribution in [2.45, 2.75) is 232 Å². The van der Waals surface area contributed by atoms with Crippen molar-refractivity contribution in [3.63, 3.8) is 0 Å². The number of phosphoric ester groups is 1. The molecule has 0 saturated heterocycles. The molecule has 0 aliphatic heterocycles. The predicted molar refractivity (Wildman–Crippen MR) is 236 cm³/mol. The zero-order chi connectivity index (χ0) is 42.1. The lowest BCUT2D eigenvalue weighted by molar-refractivity contribution is -0.870. The van der Waals surface area contributed by atoms with Gasteiger partial charge in [0.1, 0.15) is 19.8 Å². The summed E-state index contributed by atoms with van der Waals surface area (Å²) < 4.78 is 33.9. The van der Waals surface area contributed by atoms with Gasteiger partial charge in [-0.1, -0.05) is 187 Å². The van der Waals surface area contributed by atoms with Gasteiger partial charge < -0.3 is 27.9 Å². The van der Waals surface area contributed by atoms with Crippen LogP contribution in [0.5, 0.6) is 0 Å². The maximum Gasteiger partial charge on any atom is 0.306 e. The summed E-state index contributed by atoms with van der Waals surface area (Å²) in [6.45, 7) is 4.24. The lowest BCUT2D eigenvalue weighted by Crippen LogP contribution is -2.37. The molecule has 0 aliphatic carbocycles. The Morgan fingerprint density at radius 2 is 0.895 bits per heavy atom. The van der Waals surface area contributed by atoms with Gasteiger partial charge in [-0.05, 0) is 38.5 Å². The molecule has 0 aliphatic rings. The third kappa shape index (κ3) is 44.1. The average Bonchev–Trinajstić information content (AvgIpc) is 3.16.